The predicted octanol–water partition coefficient (Wildman–Crippen LogP) is 2.61. The highest BCUT2D eigenvalue weighted by molar-refractivity contribution is 6.31. The summed E-state index contributed by atoms with van der Waals surface area (Å²) in [6.45, 7) is 0. The van der Waals surface area contributed by atoms with Crippen LogP contribution in [0.3, 0.4) is 0 Å². The molecule has 1 aliphatic carbocycles. The van der Waals surface area contributed by atoms with Crippen molar-refractivity contribution in [2.24, 2.45) is 0 Å². The first kappa shape index (κ1) is 9.93. The van der Waals surface area contributed by atoms with Crippen LogP contribution in [0.4, 0.5) is 5.69 Å². The fourth-order valence-electron chi connectivity index (χ4n) is 1.30. The maximum absolute atomic E-state index is 5.70. The molecule has 0 atom stereocenters. The van der Waals surface area contributed by atoms with E-state index in [1.165, 1.54) is 0 Å². The van der Waals surface area contributed by atoms with Crippen LogP contribution >= 0.6 is 11.6 Å². The summed E-state index contributed by atoms with van der Waals surface area (Å²) in [5, 5.41) is 8.02. The Morgan fingerprint density at radius 2 is 2.13 bits per heavy atom. The standard InChI is InChI=1S/C11H10ClN3/c12-11-9(13)7-10(14-15-11)8-5-3-1-2-4-6-8/h1-3,5-7H,4H2,(H2,13,14). The van der Waals surface area contributed by atoms with Gasteiger partial charge in [-0.3, -0.25) is 0 Å². The molecule has 1 aliphatic rings. The number of aromatic nitrogens is 2. The minimum atomic E-state index is 0.245. The van der Waals surface area contributed by atoms with Crippen molar-refractivity contribution in [2.45, 2.75) is 6.42 Å². The Labute approximate surface area is 93.0 Å². The average Bonchev–Trinajstić information content (AvgIpc) is 2.50. The number of rotatable bonds is 1. The van der Waals surface area contributed by atoms with E-state index in [0.717, 1.165) is 17.7 Å². The van der Waals surface area contributed by atoms with Crippen LogP contribution in [0.15, 0.2) is 36.4 Å². The Kier molecular flexibility index (Phi) is 2.83. The number of anilines is 1. The van der Waals surface area contributed by atoms with Crippen LogP contribution in [0.1, 0.15) is 12.1 Å². The number of nitrogens with zero attached hydrogens (tertiary/aromatic N) is 2. The highest BCUT2D eigenvalue weighted by Crippen LogP contribution is 2.21. The Hall–Kier alpha value is -1.61. The Morgan fingerprint density at radius 3 is 2.93 bits per heavy atom. The number of nitrogens with two attached hydrogens (primary N) is 1. The molecule has 1 aromatic rings. The van der Waals surface area contributed by atoms with Gasteiger partial charge in [0.1, 0.15) is 0 Å². The van der Waals surface area contributed by atoms with Crippen LogP contribution in [-0.4, -0.2) is 10.2 Å². The van der Waals surface area contributed by atoms with Gasteiger partial charge in [0.05, 0.1) is 11.4 Å². The molecular weight excluding hydrogens is 210 g/mol. The molecule has 0 aliphatic heterocycles. The zero-order valence-corrected chi connectivity index (χ0v) is 8.78. The molecule has 76 valence electrons. The number of nitrogen functional groups attached to an aromatic ring is 1. The Morgan fingerprint density at radius 1 is 1.27 bits per heavy atom. The van der Waals surface area contributed by atoms with E-state index in [4.69, 9.17) is 17.3 Å². The summed E-state index contributed by atoms with van der Waals surface area (Å²) in [4.78, 5) is 0. The molecule has 0 fully saturated rings. The summed E-state index contributed by atoms with van der Waals surface area (Å²) in [6.07, 6.45) is 10.9. The van der Waals surface area contributed by atoms with Gasteiger partial charge in [-0.1, -0.05) is 42.0 Å². The smallest absolute Gasteiger partial charge is 0.174 e. The zero-order valence-electron chi connectivity index (χ0n) is 8.02. The fraction of sp³-hybridized carbons (Fsp3) is 0.0909. The molecule has 0 saturated heterocycles. The molecule has 1 aromatic heterocycles. The second kappa shape index (κ2) is 4.28. The summed E-state index contributed by atoms with van der Waals surface area (Å²) >= 11 is 5.70. The molecule has 1 heterocycles. The maximum Gasteiger partial charge on any atom is 0.174 e. The van der Waals surface area contributed by atoms with Crippen molar-refractivity contribution in [3.05, 3.63) is 47.3 Å². The number of hydrogen-bond acceptors (Lipinski definition) is 3. The van der Waals surface area contributed by atoms with Gasteiger partial charge in [-0.2, -0.15) is 0 Å². The Bertz CT molecular complexity index is 461. The fourth-order valence-corrected chi connectivity index (χ4v) is 1.39. The quantitative estimate of drug-likeness (QED) is 0.790. The van der Waals surface area contributed by atoms with Crippen LogP contribution < -0.4 is 5.73 Å². The molecule has 0 radical (unpaired) electrons. The van der Waals surface area contributed by atoms with Gasteiger partial charge in [0.15, 0.2) is 5.15 Å². The van der Waals surface area contributed by atoms with Crippen LogP contribution in [0.25, 0.3) is 5.57 Å². The second-order valence-corrected chi connectivity index (χ2v) is 3.52. The predicted molar refractivity (Wildman–Crippen MR) is 62.3 cm³/mol. The van der Waals surface area contributed by atoms with Crippen molar-refractivity contribution >= 4 is 22.9 Å². The molecular formula is C11H10ClN3. The van der Waals surface area contributed by atoms with E-state index in [-0.39, 0.29) is 5.15 Å². The van der Waals surface area contributed by atoms with Gasteiger partial charge in [0, 0.05) is 0 Å². The molecule has 0 bridgehead atoms. The highest BCUT2D eigenvalue weighted by Gasteiger charge is 2.04. The zero-order chi connectivity index (χ0) is 10.7. The summed E-state index contributed by atoms with van der Waals surface area (Å²) in [5.41, 5.74) is 7.87. The molecule has 3 nitrogen and oxygen atoms in total. The normalized spacial score (nSPS) is 14.9. The Balaban J connectivity index is 2.37. The van der Waals surface area contributed by atoms with Gasteiger partial charge >= 0.3 is 0 Å². The van der Waals surface area contributed by atoms with Crippen molar-refractivity contribution in [3.8, 4) is 0 Å². The van der Waals surface area contributed by atoms with Crippen LogP contribution in [0.2, 0.25) is 5.15 Å². The van der Waals surface area contributed by atoms with Crippen LogP contribution in [0.5, 0.6) is 0 Å². The minimum Gasteiger partial charge on any atom is -0.396 e. The third kappa shape index (κ3) is 2.25. The molecule has 2 N–H and O–H groups in total. The van der Waals surface area contributed by atoms with Gasteiger partial charge in [0.25, 0.3) is 0 Å². The maximum atomic E-state index is 5.70. The SMILES string of the molecule is Nc1cc(C2=CCC=CC=C2)nnc1Cl. The second-order valence-electron chi connectivity index (χ2n) is 3.16. The monoisotopic (exact) mass is 219 g/mol. The van der Waals surface area contributed by atoms with Gasteiger partial charge in [0.2, 0.25) is 0 Å². The van der Waals surface area contributed by atoms with E-state index in [0.29, 0.717) is 5.69 Å². The van der Waals surface area contributed by atoms with E-state index in [1.54, 1.807) is 6.07 Å². The molecule has 4 heteroatoms. The lowest BCUT2D eigenvalue weighted by molar-refractivity contribution is 1.01. The van der Waals surface area contributed by atoms with Crippen molar-refractivity contribution in [1.29, 1.82) is 0 Å². The number of halogens is 1. The van der Waals surface area contributed by atoms with Gasteiger partial charge in [-0.25, -0.2) is 0 Å². The lowest BCUT2D eigenvalue weighted by atomic mass is 10.1. The number of allylic oxidation sites excluding steroid dienone is 6. The summed E-state index contributed by atoms with van der Waals surface area (Å²) in [6, 6.07) is 1.73. The van der Waals surface area contributed by atoms with Gasteiger partial charge in [-0.15, -0.1) is 10.2 Å². The summed E-state index contributed by atoms with van der Waals surface area (Å²) < 4.78 is 0. The van der Waals surface area contributed by atoms with Gasteiger partial charge < -0.3 is 5.73 Å². The lowest BCUT2D eigenvalue weighted by Crippen LogP contribution is -1.96. The topological polar surface area (TPSA) is 51.8 Å². The molecule has 2 rings (SSSR count). The highest BCUT2D eigenvalue weighted by atomic mass is 35.5. The third-order valence-corrected chi connectivity index (χ3v) is 2.36. The molecule has 0 aromatic carbocycles. The van der Waals surface area contributed by atoms with Crippen molar-refractivity contribution in [1.82, 2.24) is 10.2 Å². The van der Waals surface area contributed by atoms with E-state index < -0.39 is 0 Å². The first-order valence-corrected chi connectivity index (χ1v) is 4.97. The van der Waals surface area contributed by atoms with E-state index in [1.807, 2.05) is 18.2 Å². The lowest BCUT2D eigenvalue weighted by Gasteiger charge is -2.02. The first-order valence-electron chi connectivity index (χ1n) is 4.60. The molecule has 0 spiro atoms. The molecule has 15 heavy (non-hydrogen) atoms. The molecule has 0 amide bonds. The summed E-state index contributed by atoms with van der Waals surface area (Å²) in [7, 11) is 0. The van der Waals surface area contributed by atoms with E-state index in [2.05, 4.69) is 22.3 Å². The minimum absolute atomic E-state index is 0.245. The summed E-state index contributed by atoms with van der Waals surface area (Å²) in [5.74, 6) is 0. The average molecular weight is 220 g/mol. The van der Waals surface area contributed by atoms with E-state index >= 15 is 0 Å². The number of hydrogen-bond donors (Lipinski definition) is 1. The van der Waals surface area contributed by atoms with Crippen molar-refractivity contribution < 1.29 is 0 Å². The van der Waals surface area contributed by atoms with Crippen molar-refractivity contribution in [3.63, 3.8) is 0 Å². The van der Waals surface area contributed by atoms with Crippen molar-refractivity contribution in [2.75, 3.05) is 5.73 Å². The first-order chi connectivity index (χ1) is 7.27. The largest absolute Gasteiger partial charge is 0.396 e. The van der Waals surface area contributed by atoms with E-state index in [9.17, 15) is 0 Å². The van der Waals surface area contributed by atoms with Crippen LogP contribution in [-0.2, 0) is 0 Å². The molecule has 0 saturated carbocycles. The molecule has 0 unspecified atom stereocenters. The van der Waals surface area contributed by atoms with Crippen LogP contribution in [0, 0.1) is 0 Å². The third-order valence-electron chi connectivity index (χ3n) is 2.07. The van der Waals surface area contributed by atoms with Gasteiger partial charge in [-0.05, 0) is 18.1 Å².